The molecular formula is C30H36N6O4. The van der Waals surface area contributed by atoms with E-state index in [9.17, 15) is 9.59 Å². The number of urea groups is 1. The number of carbonyl (C=O) groups is 2. The van der Waals surface area contributed by atoms with Gasteiger partial charge in [0, 0.05) is 50.0 Å². The first-order chi connectivity index (χ1) is 19.4. The topological polar surface area (TPSA) is 121 Å². The molecule has 10 heteroatoms. The summed E-state index contributed by atoms with van der Waals surface area (Å²) in [6.45, 7) is 5.87. The van der Waals surface area contributed by atoms with Gasteiger partial charge in [0.05, 0.1) is 17.4 Å². The summed E-state index contributed by atoms with van der Waals surface area (Å²) >= 11 is 0. The fourth-order valence-electron chi connectivity index (χ4n) is 4.82. The molecular weight excluding hydrogens is 508 g/mol. The van der Waals surface area contributed by atoms with Crippen molar-refractivity contribution in [1.82, 2.24) is 15.1 Å². The molecule has 0 radical (unpaired) electrons. The molecule has 1 atom stereocenters. The number of nitrogens with two attached hydrogens (primary N) is 1. The zero-order chi connectivity index (χ0) is 27.9. The van der Waals surface area contributed by atoms with Gasteiger partial charge < -0.3 is 41.0 Å². The summed E-state index contributed by atoms with van der Waals surface area (Å²) in [6, 6.07) is 19.2. The Labute approximate surface area is 234 Å². The van der Waals surface area contributed by atoms with Crippen LogP contribution in [0, 0.1) is 0 Å². The number of nitrogen functional groups attached to an aromatic ring is 1. The highest BCUT2D eigenvalue weighted by Crippen LogP contribution is 2.32. The number of fused-ring (bicyclic) bond motifs is 1. The zero-order valence-electron chi connectivity index (χ0n) is 22.7. The highest BCUT2D eigenvalue weighted by Gasteiger charge is 2.20. The van der Waals surface area contributed by atoms with Crippen LogP contribution in [0.4, 0.5) is 21.9 Å². The lowest BCUT2D eigenvalue weighted by molar-refractivity contribution is 0.102. The maximum atomic E-state index is 13.1. The third-order valence-electron chi connectivity index (χ3n) is 7.22. The average Bonchev–Trinajstić information content (AvgIpc) is 2.97. The molecule has 3 amide bonds. The number of anilines is 3. The minimum atomic E-state index is -0.318. The summed E-state index contributed by atoms with van der Waals surface area (Å²) in [4.78, 5) is 30.6. The zero-order valence-corrected chi connectivity index (χ0v) is 22.7. The van der Waals surface area contributed by atoms with Crippen molar-refractivity contribution in [2.75, 3.05) is 69.4 Å². The van der Waals surface area contributed by atoms with Gasteiger partial charge in [-0.05, 0) is 55.4 Å². The molecule has 1 saturated heterocycles. The Morgan fingerprint density at radius 2 is 1.62 bits per heavy atom. The summed E-state index contributed by atoms with van der Waals surface area (Å²) in [7, 11) is 2.13. The predicted octanol–water partition coefficient (Wildman–Crippen LogP) is 3.79. The molecule has 5 rings (SSSR count). The molecule has 0 spiro atoms. The first-order valence-corrected chi connectivity index (χ1v) is 13.6. The third-order valence-corrected chi connectivity index (χ3v) is 7.22. The highest BCUT2D eigenvalue weighted by atomic mass is 16.6. The Bertz CT molecular complexity index is 1320. The van der Waals surface area contributed by atoms with E-state index in [2.05, 4.69) is 32.8 Å². The Morgan fingerprint density at radius 1 is 0.900 bits per heavy atom. The SMILES string of the molecule is CN1CCN(CCC(NC(=O)Nc2ccc3c(c2)OCCO3)c2ccc(C(=O)Nc3ccccc3N)cc2)CC1. The largest absolute Gasteiger partial charge is 0.486 e. The molecule has 0 saturated carbocycles. The Balaban J connectivity index is 1.26. The van der Waals surface area contributed by atoms with Crippen LogP contribution in [0.3, 0.4) is 0 Å². The third kappa shape index (κ3) is 7.02. The molecule has 5 N–H and O–H groups in total. The van der Waals surface area contributed by atoms with Crippen LogP contribution in [0.25, 0.3) is 0 Å². The highest BCUT2D eigenvalue weighted by molar-refractivity contribution is 6.05. The maximum absolute atomic E-state index is 13.1. The molecule has 2 aliphatic heterocycles. The van der Waals surface area contributed by atoms with E-state index in [0.717, 1.165) is 44.7 Å². The summed E-state index contributed by atoms with van der Waals surface area (Å²) in [5.41, 5.74) is 9.08. The van der Waals surface area contributed by atoms with Crippen molar-refractivity contribution < 1.29 is 19.1 Å². The van der Waals surface area contributed by atoms with E-state index in [0.29, 0.717) is 47.3 Å². The smallest absolute Gasteiger partial charge is 0.319 e. The standard InChI is InChI=1S/C30H36N6O4/c1-35-14-16-36(17-15-35)13-12-25(34-30(38)32-23-10-11-27-28(20-23)40-19-18-39-27)21-6-8-22(9-7-21)29(37)33-26-5-3-2-4-24(26)31/h2-11,20,25H,12-19,31H2,1H3,(H,33,37)(H2,32,34,38). The van der Waals surface area contributed by atoms with Gasteiger partial charge in [0.15, 0.2) is 11.5 Å². The van der Waals surface area contributed by atoms with Crippen LogP contribution in [0.1, 0.15) is 28.4 Å². The summed E-state index contributed by atoms with van der Waals surface area (Å²) in [5.74, 6) is 1.03. The van der Waals surface area contributed by atoms with Crippen molar-refractivity contribution in [3.63, 3.8) is 0 Å². The average molecular weight is 545 g/mol. The number of benzene rings is 3. The number of rotatable bonds is 8. The lowest BCUT2D eigenvalue weighted by Gasteiger charge is -2.33. The first-order valence-electron chi connectivity index (χ1n) is 13.6. The van der Waals surface area contributed by atoms with Crippen LogP contribution in [0.15, 0.2) is 66.7 Å². The molecule has 3 aromatic carbocycles. The van der Waals surface area contributed by atoms with Gasteiger partial charge in [-0.3, -0.25) is 4.79 Å². The van der Waals surface area contributed by atoms with E-state index in [1.807, 2.05) is 24.3 Å². The van der Waals surface area contributed by atoms with Gasteiger partial charge in [0.25, 0.3) is 5.91 Å². The lowest BCUT2D eigenvalue weighted by Crippen LogP contribution is -2.45. The molecule has 0 aromatic heterocycles. The minimum absolute atomic E-state index is 0.247. The molecule has 2 aliphatic rings. The van der Waals surface area contributed by atoms with E-state index in [1.54, 1.807) is 42.5 Å². The fourth-order valence-corrected chi connectivity index (χ4v) is 4.82. The lowest BCUT2D eigenvalue weighted by atomic mass is 10.0. The molecule has 1 unspecified atom stereocenters. The van der Waals surface area contributed by atoms with E-state index < -0.39 is 0 Å². The van der Waals surface area contributed by atoms with Gasteiger partial charge in [-0.1, -0.05) is 24.3 Å². The van der Waals surface area contributed by atoms with Crippen LogP contribution < -0.4 is 31.2 Å². The molecule has 40 heavy (non-hydrogen) atoms. The van der Waals surface area contributed by atoms with E-state index >= 15 is 0 Å². The minimum Gasteiger partial charge on any atom is -0.486 e. The van der Waals surface area contributed by atoms with Gasteiger partial charge in [-0.25, -0.2) is 4.79 Å². The predicted molar refractivity (Wildman–Crippen MR) is 156 cm³/mol. The number of hydrogen-bond donors (Lipinski definition) is 4. The van der Waals surface area contributed by atoms with Crippen LogP contribution >= 0.6 is 0 Å². The maximum Gasteiger partial charge on any atom is 0.319 e. The van der Waals surface area contributed by atoms with Crippen molar-refractivity contribution in [2.24, 2.45) is 0 Å². The number of nitrogens with one attached hydrogen (secondary N) is 3. The van der Waals surface area contributed by atoms with Gasteiger partial charge in [-0.2, -0.15) is 0 Å². The summed E-state index contributed by atoms with van der Waals surface area (Å²) in [6.07, 6.45) is 0.727. The molecule has 3 aromatic rings. The van der Waals surface area contributed by atoms with Crippen molar-refractivity contribution in [1.29, 1.82) is 0 Å². The van der Waals surface area contributed by atoms with Crippen LogP contribution in [-0.2, 0) is 0 Å². The Kier molecular flexibility index (Phi) is 8.68. The van der Waals surface area contributed by atoms with Crippen molar-refractivity contribution in [2.45, 2.75) is 12.5 Å². The van der Waals surface area contributed by atoms with Crippen molar-refractivity contribution >= 4 is 29.0 Å². The monoisotopic (exact) mass is 544 g/mol. The van der Waals surface area contributed by atoms with Gasteiger partial charge in [0.1, 0.15) is 13.2 Å². The van der Waals surface area contributed by atoms with E-state index in [4.69, 9.17) is 15.2 Å². The quantitative estimate of drug-likeness (QED) is 0.319. The number of carbonyl (C=O) groups excluding carboxylic acids is 2. The number of para-hydroxylation sites is 2. The molecule has 210 valence electrons. The van der Waals surface area contributed by atoms with E-state index in [1.165, 1.54) is 0 Å². The normalized spacial score (nSPS) is 16.1. The molecule has 10 nitrogen and oxygen atoms in total. The second-order valence-corrected chi connectivity index (χ2v) is 10.1. The second kappa shape index (κ2) is 12.7. The second-order valence-electron chi connectivity index (χ2n) is 10.1. The van der Waals surface area contributed by atoms with Gasteiger partial charge in [0.2, 0.25) is 0 Å². The van der Waals surface area contributed by atoms with Gasteiger partial charge in [-0.15, -0.1) is 0 Å². The van der Waals surface area contributed by atoms with Gasteiger partial charge >= 0.3 is 6.03 Å². The summed E-state index contributed by atoms with van der Waals surface area (Å²) < 4.78 is 11.2. The molecule has 0 bridgehead atoms. The van der Waals surface area contributed by atoms with Crippen molar-refractivity contribution in [3.8, 4) is 11.5 Å². The Morgan fingerprint density at radius 3 is 2.38 bits per heavy atom. The van der Waals surface area contributed by atoms with Crippen LogP contribution in [0.5, 0.6) is 11.5 Å². The van der Waals surface area contributed by atoms with Crippen LogP contribution in [-0.4, -0.2) is 74.7 Å². The summed E-state index contributed by atoms with van der Waals surface area (Å²) in [5, 5.41) is 8.90. The fraction of sp³-hybridized carbons (Fsp3) is 0.333. The number of piperazine rings is 1. The number of hydrogen-bond acceptors (Lipinski definition) is 7. The molecule has 2 heterocycles. The number of nitrogens with zero attached hydrogens (tertiary/aromatic N) is 2. The Hall–Kier alpha value is -4.28. The van der Waals surface area contributed by atoms with E-state index in [-0.39, 0.29) is 18.0 Å². The first kappa shape index (κ1) is 27.3. The number of ether oxygens (including phenoxy) is 2. The molecule has 0 aliphatic carbocycles. The van der Waals surface area contributed by atoms with Crippen LogP contribution in [0.2, 0.25) is 0 Å². The number of likely N-dealkylation sites (N-methyl/N-ethyl adjacent to an activating group) is 1. The van der Waals surface area contributed by atoms with Crippen molar-refractivity contribution in [3.05, 3.63) is 77.9 Å². The number of amides is 3. The molecule has 1 fully saturated rings.